The molecule has 1 aromatic rings. The molecule has 0 bridgehead atoms. The fraction of sp³-hybridized carbons (Fsp3) is 0.333. The molecular weight excluding hydrogens is 239 g/mol. The van der Waals surface area contributed by atoms with E-state index < -0.39 is 17.4 Å². The molecule has 98 valence electrons. The fourth-order valence-corrected chi connectivity index (χ4v) is 1.21. The molecule has 2 N–H and O–H groups in total. The SMILES string of the molecule is CC(C)(C)OC(=O)c1ccc(/C=N\NO)cc1F. The van der Waals surface area contributed by atoms with Gasteiger partial charge in [0.2, 0.25) is 0 Å². The highest BCUT2D eigenvalue weighted by Gasteiger charge is 2.20. The standard InChI is InChI=1S/C12H15FN2O3/c1-12(2,3)18-11(16)9-5-4-8(6-10(9)13)7-14-15-17/h4-7,15,17H,1-3H3/b14-7-. The molecule has 0 atom stereocenters. The second-order valence-electron chi connectivity index (χ2n) is 4.60. The molecular formula is C12H15FN2O3. The molecule has 18 heavy (non-hydrogen) atoms. The lowest BCUT2D eigenvalue weighted by atomic mass is 10.1. The van der Waals surface area contributed by atoms with Crippen molar-refractivity contribution in [2.45, 2.75) is 26.4 Å². The fourth-order valence-electron chi connectivity index (χ4n) is 1.21. The molecule has 0 aliphatic rings. The third kappa shape index (κ3) is 4.14. The van der Waals surface area contributed by atoms with Gasteiger partial charge in [-0.15, -0.1) is 0 Å². The molecule has 0 aliphatic carbocycles. The lowest BCUT2D eigenvalue weighted by Crippen LogP contribution is -2.24. The number of rotatable bonds is 3. The molecule has 0 fully saturated rings. The lowest BCUT2D eigenvalue weighted by molar-refractivity contribution is 0.00647. The van der Waals surface area contributed by atoms with Gasteiger partial charge in [-0.25, -0.2) is 9.18 Å². The molecule has 1 rings (SSSR count). The normalized spacial score (nSPS) is 11.6. The van der Waals surface area contributed by atoms with Crippen molar-refractivity contribution < 1.29 is 19.1 Å². The van der Waals surface area contributed by atoms with Crippen molar-refractivity contribution in [2.24, 2.45) is 5.10 Å². The van der Waals surface area contributed by atoms with Gasteiger partial charge >= 0.3 is 5.97 Å². The van der Waals surface area contributed by atoms with E-state index in [4.69, 9.17) is 9.94 Å². The number of nitrogens with one attached hydrogen (secondary N) is 1. The number of carbonyl (C=O) groups excluding carboxylic acids is 1. The molecule has 0 aromatic heterocycles. The van der Waals surface area contributed by atoms with Crippen LogP contribution in [-0.4, -0.2) is 23.0 Å². The average Bonchev–Trinajstić information content (AvgIpc) is 2.23. The van der Waals surface area contributed by atoms with E-state index in [9.17, 15) is 9.18 Å². The highest BCUT2D eigenvalue weighted by Crippen LogP contribution is 2.15. The summed E-state index contributed by atoms with van der Waals surface area (Å²) >= 11 is 0. The number of halogens is 1. The van der Waals surface area contributed by atoms with Crippen LogP contribution in [0.2, 0.25) is 0 Å². The van der Waals surface area contributed by atoms with E-state index in [2.05, 4.69) is 5.10 Å². The molecule has 0 saturated heterocycles. The summed E-state index contributed by atoms with van der Waals surface area (Å²) < 4.78 is 18.7. The van der Waals surface area contributed by atoms with Crippen LogP contribution in [0, 0.1) is 5.82 Å². The predicted molar refractivity (Wildman–Crippen MR) is 64.1 cm³/mol. The quantitative estimate of drug-likeness (QED) is 0.492. The van der Waals surface area contributed by atoms with Gasteiger partial charge in [0.1, 0.15) is 11.4 Å². The van der Waals surface area contributed by atoms with Crippen LogP contribution in [-0.2, 0) is 4.74 Å². The average molecular weight is 254 g/mol. The molecule has 0 aliphatic heterocycles. The zero-order valence-corrected chi connectivity index (χ0v) is 10.4. The Hall–Kier alpha value is -1.95. The minimum absolute atomic E-state index is 0.140. The van der Waals surface area contributed by atoms with Crippen molar-refractivity contribution >= 4 is 12.2 Å². The van der Waals surface area contributed by atoms with Gasteiger partial charge in [-0.1, -0.05) is 6.07 Å². The maximum absolute atomic E-state index is 13.7. The molecule has 0 spiro atoms. The van der Waals surface area contributed by atoms with Crippen molar-refractivity contribution in [3.8, 4) is 0 Å². The summed E-state index contributed by atoms with van der Waals surface area (Å²) in [5, 5.41) is 11.6. The summed E-state index contributed by atoms with van der Waals surface area (Å²) in [5.41, 5.74) is 1.15. The number of ether oxygens (including phenoxy) is 1. The van der Waals surface area contributed by atoms with Crippen LogP contribution < -0.4 is 5.59 Å². The van der Waals surface area contributed by atoms with Gasteiger partial charge in [0.05, 0.1) is 11.8 Å². The van der Waals surface area contributed by atoms with Crippen LogP contribution in [0.1, 0.15) is 36.7 Å². The summed E-state index contributed by atoms with van der Waals surface area (Å²) in [6.07, 6.45) is 1.21. The van der Waals surface area contributed by atoms with Gasteiger partial charge < -0.3 is 4.74 Å². The second kappa shape index (κ2) is 5.59. The van der Waals surface area contributed by atoms with Crippen molar-refractivity contribution in [3.05, 3.63) is 35.1 Å². The molecule has 5 nitrogen and oxygen atoms in total. The van der Waals surface area contributed by atoms with Crippen molar-refractivity contribution in [2.75, 3.05) is 0 Å². The van der Waals surface area contributed by atoms with E-state index in [-0.39, 0.29) is 5.56 Å². The molecule has 6 heteroatoms. The Bertz CT molecular complexity index is 467. The molecule has 0 amide bonds. The van der Waals surface area contributed by atoms with Crippen molar-refractivity contribution in [1.82, 2.24) is 5.59 Å². The highest BCUT2D eigenvalue weighted by molar-refractivity contribution is 5.91. The van der Waals surface area contributed by atoms with Crippen molar-refractivity contribution in [1.29, 1.82) is 0 Å². The Morgan fingerprint density at radius 1 is 1.50 bits per heavy atom. The Balaban J connectivity index is 2.92. The maximum atomic E-state index is 13.7. The zero-order chi connectivity index (χ0) is 13.8. The molecule has 0 saturated carbocycles. The van der Waals surface area contributed by atoms with Gasteiger partial charge in [0.15, 0.2) is 0 Å². The molecule has 1 aromatic carbocycles. The van der Waals surface area contributed by atoms with E-state index in [1.807, 2.05) is 0 Å². The number of carbonyl (C=O) groups is 1. The van der Waals surface area contributed by atoms with Crippen molar-refractivity contribution in [3.63, 3.8) is 0 Å². The smallest absolute Gasteiger partial charge is 0.341 e. The molecule has 0 radical (unpaired) electrons. The van der Waals surface area contributed by atoms with Crippen LogP contribution in [0.3, 0.4) is 0 Å². The number of hydrogen-bond acceptors (Lipinski definition) is 5. The van der Waals surface area contributed by atoms with Gasteiger partial charge in [-0.05, 0) is 38.5 Å². The Kier molecular flexibility index (Phi) is 4.38. The molecule has 0 unspecified atom stereocenters. The summed E-state index contributed by atoms with van der Waals surface area (Å²) in [6, 6.07) is 3.92. The van der Waals surface area contributed by atoms with Crippen LogP contribution in [0.15, 0.2) is 23.3 Å². The van der Waals surface area contributed by atoms with Gasteiger partial charge in [-0.3, -0.25) is 5.21 Å². The summed E-state index contributed by atoms with van der Waals surface area (Å²) in [7, 11) is 0. The minimum atomic E-state index is -0.719. The third-order valence-electron chi connectivity index (χ3n) is 1.88. The number of benzene rings is 1. The zero-order valence-electron chi connectivity index (χ0n) is 10.4. The monoisotopic (exact) mass is 254 g/mol. The maximum Gasteiger partial charge on any atom is 0.341 e. The first-order valence-electron chi connectivity index (χ1n) is 5.28. The molecule has 0 heterocycles. The number of hydrazone groups is 1. The summed E-state index contributed by atoms with van der Waals surface area (Å²) in [5.74, 6) is -1.42. The first-order valence-corrected chi connectivity index (χ1v) is 5.28. The van der Waals surface area contributed by atoms with Crippen LogP contribution in [0.5, 0.6) is 0 Å². The van der Waals surface area contributed by atoms with E-state index in [0.717, 1.165) is 6.07 Å². The predicted octanol–water partition coefficient (Wildman–Crippen LogP) is 2.09. The lowest BCUT2D eigenvalue weighted by Gasteiger charge is -2.19. The van der Waals surface area contributed by atoms with E-state index >= 15 is 0 Å². The van der Waals surface area contributed by atoms with Gasteiger partial charge in [0.25, 0.3) is 0 Å². The van der Waals surface area contributed by atoms with Crippen LogP contribution >= 0.6 is 0 Å². The topological polar surface area (TPSA) is 70.9 Å². The highest BCUT2D eigenvalue weighted by atomic mass is 19.1. The van der Waals surface area contributed by atoms with Gasteiger partial charge in [-0.2, -0.15) is 10.7 Å². The van der Waals surface area contributed by atoms with E-state index in [1.165, 1.54) is 18.3 Å². The first kappa shape index (κ1) is 14.1. The Labute approximate surface area is 104 Å². The van der Waals surface area contributed by atoms with E-state index in [1.54, 1.807) is 26.4 Å². The summed E-state index contributed by atoms with van der Waals surface area (Å²) in [4.78, 5) is 11.7. The number of esters is 1. The minimum Gasteiger partial charge on any atom is -0.456 e. The number of nitrogens with zero attached hydrogens (tertiary/aromatic N) is 1. The Morgan fingerprint density at radius 3 is 2.67 bits per heavy atom. The van der Waals surface area contributed by atoms with Crippen LogP contribution in [0.25, 0.3) is 0 Å². The van der Waals surface area contributed by atoms with Crippen LogP contribution in [0.4, 0.5) is 4.39 Å². The Morgan fingerprint density at radius 2 is 2.17 bits per heavy atom. The van der Waals surface area contributed by atoms with E-state index in [0.29, 0.717) is 5.56 Å². The van der Waals surface area contributed by atoms with Gasteiger partial charge in [0, 0.05) is 0 Å². The summed E-state index contributed by atoms with van der Waals surface area (Å²) in [6.45, 7) is 5.12. The number of hydrogen-bond donors (Lipinski definition) is 2. The largest absolute Gasteiger partial charge is 0.456 e. The third-order valence-corrected chi connectivity index (χ3v) is 1.88. The first-order chi connectivity index (χ1) is 8.33. The second-order valence-corrected chi connectivity index (χ2v) is 4.60.